The van der Waals surface area contributed by atoms with Crippen molar-refractivity contribution in [2.75, 3.05) is 6.54 Å². The van der Waals surface area contributed by atoms with E-state index in [2.05, 4.69) is 67.8 Å². The van der Waals surface area contributed by atoms with Crippen LogP contribution in [0.4, 0.5) is 0 Å². The Morgan fingerprint density at radius 3 is 2.20 bits per heavy atom. The normalized spacial score (nSPS) is 24.2. The lowest BCUT2D eigenvalue weighted by molar-refractivity contribution is -0.126. The van der Waals surface area contributed by atoms with Gasteiger partial charge in [-0.25, -0.2) is 0 Å². The first-order valence-corrected chi connectivity index (χ1v) is 22.0. The molecule has 3 aromatic carbocycles. The Morgan fingerprint density at radius 2 is 1.56 bits per heavy atom. The third kappa shape index (κ3) is 9.08. The number of nitrogens with one attached hydrogen (secondary N) is 2. The maximum Gasteiger partial charge on any atom is 0.224 e. The molecule has 4 bridgehead atoms. The van der Waals surface area contributed by atoms with Gasteiger partial charge in [0.15, 0.2) is 8.32 Å². The summed E-state index contributed by atoms with van der Waals surface area (Å²) in [6.45, 7) is 11.7. The van der Waals surface area contributed by atoms with E-state index in [-0.39, 0.29) is 35.1 Å². The van der Waals surface area contributed by atoms with Gasteiger partial charge in [0.25, 0.3) is 0 Å². The first kappa shape index (κ1) is 36.8. The minimum atomic E-state index is -2.46. The molecule has 270 valence electrons. The number of hydrogen-bond donors (Lipinski definition) is 4. The molecule has 0 aliphatic heterocycles. The lowest BCUT2D eigenvalue weighted by Crippen LogP contribution is -2.60. The highest BCUT2D eigenvalue weighted by Crippen LogP contribution is 2.55. The van der Waals surface area contributed by atoms with Gasteiger partial charge >= 0.3 is 0 Å². The van der Waals surface area contributed by atoms with Crippen LogP contribution in [0.2, 0.25) is 18.1 Å². The van der Waals surface area contributed by atoms with E-state index in [1.165, 1.54) is 44.1 Å². The van der Waals surface area contributed by atoms with Gasteiger partial charge in [-0.15, -0.1) is 0 Å². The summed E-state index contributed by atoms with van der Waals surface area (Å²) in [6.07, 6.45) is 9.79. The first-order chi connectivity index (χ1) is 23.8. The number of carbonyl (C=O) groups excluding carboxylic acids is 1. The van der Waals surface area contributed by atoms with E-state index in [9.17, 15) is 14.7 Å². The summed E-state index contributed by atoms with van der Waals surface area (Å²) >= 11 is 0. The van der Waals surface area contributed by atoms with E-state index < -0.39 is 8.32 Å². The van der Waals surface area contributed by atoms with Gasteiger partial charge in [-0.2, -0.15) is 0 Å². The van der Waals surface area contributed by atoms with Crippen LogP contribution in [-0.4, -0.2) is 42.3 Å². The van der Waals surface area contributed by atoms with Crippen molar-refractivity contribution in [3.8, 4) is 5.75 Å². The summed E-state index contributed by atoms with van der Waals surface area (Å²) < 4.78 is 6.13. The Bertz CT molecular complexity index is 1560. The van der Waals surface area contributed by atoms with Crippen LogP contribution >= 0.6 is 0 Å². The van der Waals surface area contributed by atoms with Gasteiger partial charge in [-0.1, -0.05) is 74.5 Å². The summed E-state index contributed by atoms with van der Waals surface area (Å²) in [4.78, 5) is 24.5. The number of ether oxygens (including phenoxy) is 1. The second kappa shape index (κ2) is 15.3. The Hall–Kier alpha value is -2.97. The fourth-order valence-electron chi connectivity index (χ4n) is 9.45. The van der Waals surface area contributed by atoms with Gasteiger partial charge in [0, 0.05) is 23.7 Å². The van der Waals surface area contributed by atoms with Gasteiger partial charge in [0.2, 0.25) is 5.91 Å². The molecule has 50 heavy (non-hydrogen) atoms. The molecule has 7 heteroatoms. The zero-order valence-corrected chi connectivity index (χ0v) is 32.0. The van der Waals surface area contributed by atoms with E-state index in [1.54, 1.807) is 0 Å². The molecule has 0 aromatic heterocycles. The Morgan fingerprint density at radius 1 is 0.920 bits per heavy atom. The molecular weight excluding hydrogens is 637 g/mol. The molecule has 4 fully saturated rings. The molecule has 0 unspecified atom stereocenters. The highest BCUT2D eigenvalue weighted by molar-refractivity contribution is 6.72. The first-order valence-electron chi connectivity index (χ1n) is 19.0. The second-order valence-corrected chi connectivity index (χ2v) is 21.9. The monoisotopic (exact) mass is 696 g/mol. The third-order valence-electron chi connectivity index (χ3n) is 12.4. The summed E-state index contributed by atoms with van der Waals surface area (Å²) in [5, 5.41) is 17.5. The van der Waals surface area contributed by atoms with Gasteiger partial charge < -0.3 is 25.3 Å². The standard InChI is InChI=1S/C43H60N2O4Si/c1-30(16-32-12-9-13-33(17-32)21-41(47)45-43-23-34-18-35(24-43)20-36(19-34)25-43)44-27-39(26-42(2,3)50(4,5)48)37-14-15-40(38(22-37)28-46)49-29-31-10-7-6-8-11-31/h6-15,17,22,30,34-36,39,44,46,48H,16,18-21,23-29H2,1-5H3,(H,45,47)/t30-,34?,35?,36?,39+,43?/m1/s1. The number of aliphatic hydroxyl groups excluding tert-OH is 1. The van der Waals surface area contributed by atoms with Crippen molar-refractivity contribution in [2.45, 2.75) is 127 Å². The van der Waals surface area contributed by atoms with Crippen LogP contribution in [0.5, 0.6) is 5.75 Å². The molecule has 3 aromatic rings. The number of rotatable bonds is 16. The molecule has 4 saturated carbocycles. The molecule has 0 spiro atoms. The summed E-state index contributed by atoms with van der Waals surface area (Å²) in [5.74, 6) is 3.46. The van der Waals surface area contributed by atoms with Gasteiger partial charge in [0.05, 0.1) is 13.0 Å². The van der Waals surface area contributed by atoms with E-state index in [0.29, 0.717) is 18.8 Å². The van der Waals surface area contributed by atoms with Crippen LogP contribution in [0.25, 0.3) is 0 Å². The molecule has 0 radical (unpaired) electrons. The van der Waals surface area contributed by atoms with E-state index >= 15 is 0 Å². The highest BCUT2D eigenvalue weighted by atomic mass is 28.4. The average molecular weight is 697 g/mol. The second-order valence-electron chi connectivity index (χ2n) is 17.4. The summed E-state index contributed by atoms with van der Waals surface area (Å²) in [5.41, 5.74) is 5.36. The molecule has 6 nitrogen and oxygen atoms in total. The molecule has 4 aliphatic carbocycles. The molecular formula is C43H60N2O4Si. The Balaban J connectivity index is 1.08. The van der Waals surface area contributed by atoms with Crippen molar-refractivity contribution >= 4 is 14.2 Å². The smallest absolute Gasteiger partial charge is 0.224 e. The van der Waals surface area contributed by atoms with E-state index in [4.69, 9.17) is 4.74 Å². The zero-order chi connectivity index (χ0) is 35.5. The van der Waals surface area contributed by atoms with Crippen LogP contribution in [0.3, 0.4) is 0 Å². The fourth-order valence-corrected chi connectivity index (χ4v) is 10.2. The molecule has 7 rings (SSSR count). The lowest BCUT2D eigenvalue weighted by atomic mass is 9.53. The van der Waals surface area contributed by atoms with Crippen molar-refractivity contribution in [3.63, 3.8) is 0 Å². The predicted molar refractivity (Wildman–Crippen MR) is 205 cm³/mol. The zero-order valence-electron chi connectivity index (χ0n) is 31.0. The Kier molecular flexibility index (Phi) is 11.3. The summed E-state index contributed by atoms with van der Waals surface area (Å²) in [7, 11) is -2.46. The van der Waals surface area contributed by atoms with Gasteiger partial charge in [-0.05, 0) is 134 Å². The largest absolute Gasteiger partial charge is 0.489 e. The van der Waals surface area contributed by atoms with Crippen LogP contribution in [-0.2, 0) is 30.8 Å². The van der Waals surface area contributed by atoms with Crippen molar-refractivity contribution in [2.24, 2.45) is 17.8 Å². The number of amides is 1. The molecule has 2 atom stereocenters. The number of aliphatic hydroxyl groups is 1. The van der Waals surface area contributed by atoms with Crippen molar-refractivity contribution in [3.05, 3.63) is 101 Å². The highest BCUT2D eigenvalue weighted by Gasteiger charge is 2.51. The number of carbonyl (C=O) groups is 1. The maximum atomic E-state index is 13.3. The SMILES string of the molecule is C[C@H](Cc1cccc(CC(=O)NC23CC4CC(CC(C4)C2)C3)c1)NC[C@H](CC(C)(C)[Si](C)(C)O)c1ccc(OCc2ccccc2)c(CO)c1. The van der Waals surface area contributed by atoms with Crippen LogP contribution in [0, 0.1) is 17.8 Å². The molecule has 1 amide bonds. The fraction of sp³-hybridized carbons (Fsp3) is 0.558. The van der Waals surface area contributed by atoms with E-state index in [1.807, 2.05) is 49.5 Å². The van der Waals surface area contributed by atoms with Crippen molar-refractivity contribution < 1.29 is 19.4 Å². The van der Waals surface area contributed by atoms with Crippen molar-refractivity contribution in [1.29, 1.82) is 0 Å². The molecule has 0 saturated heterocycles. The molecule has 4 N–H and O–H groups in total. The minimum absolute atomic E-state index is 0.0498. The lowest BCUT2D eigenvalue weighted by Gasteiger charge is -2.56. The van der Waals surface area contributed by atoms with Crippen LogP contribution in [0.1, 0.15) is 99.5 Å². The third-order valence-corrected chi connectivity index (χ3v) is 15.9. The predicted octanol–water partition coefficient (Wildman–Crippen LogP) is 8.06. The molecule has 0 heterocycles. The topological polar surface area (TPSA) is 90.8 Å². The minimum Gasteiger partial charge on any atom is -0.489 e. The average Bonchev–Trinajstić information content (AvgIpc) is 3.04. The quantitative estimate of drug-likeness (QED) is 0.114. The maximum absolute atomic E-state index is 13.3. The number of benzene rings is 3. The Labute approximate surface area is 301 Å². The van der Waals surface area contributed by atoms with Crippen molar-refractivity contribution in [1.82, 2.24) is 10.6 Å². The van der Waals surface area contributed by atoms with Gasteiger partial charge in [-0.3, -0.25) is 4.79 Å². The van der Waals surface area contributed by atoms with Crippen LogP contribution in [0.15, 0.2) is 72.8 Å². The number of hydrogen-bond acceptors (Lipinski definition) is 5. The van der Waals surface area contributed by atoms with Crippen LogP contribution < -0.4 is 15.4 Å². The van der Waals surface area contributed by atoms with Gasteiger partial charge in [0.1, 0.15) is 12.4 Å². The molecule has 4 aliphatic rings. The van der Waals surface area contributed by atoms with E-state index in [0.717, 1.165) is 59.4 Å². The summed E-state index contributed by atoms with van der Waals surface area (Å²) in [6, 6.07) is 25.0.